The molecule has 108 valence electrons. The third-order valence-electron chi connectivity index (χ3n) is 4.43. The number of amides is 1. The molecule has 0 spiro atoms. The van der Waals surface area contributed by atoms with Crippen molar-refractivity contribution in [3.8, 4) is 0 Å². The highest BCUT2D eigenvalue weighted by Gasteiger charge is 2.32. The standard InChI is InChI=1S/C17H24N2O/c20-17(9-6-14-10-11-18-12-14)19(16-7-8-16)13-15-4-2-1-3-5-15/h1-5,14,16,18H,6-13H2. The minimum absolute atomic E-state index is 0.350. The molecule has 20 heavy (non-hydrogen) atoms. The molecule has 3 nitrogen and oxygen atoms in total. The van der Waals surface area contributed by atoms with Crippen LogP contribution in [0.25, 0.3) is 0 Å². The minimum Gasteiger partial charge on any atom is -0.335 e. The van der Waals surface area contributed by atoms with Gasteiger partial charge in [-0.3, -0.25) is 4.79 Å². The Hall–Kier alpha value is -1.35. The van der Waals surface area contributed by atoms with Crippen molar-refractivity contribution in [3.63, 3.8) is 0 Å². The first kappa shape index (κ1) is 13.6. The SMILES string of the molecule is O=C(CCC1CCNC1)N(Cc1ccccc1)C1CC1. The number of rotatable bonds is 6. The van der Waals surface area contributed by atoms with Gasteiger partial charge >= 0.3 is 0 Å². The zero-order chi connectivity index (χ0) is 13.8. The molecular formula is C17H24N2O. The Morgan fingerprint density at radius 1 is 1.20 bits per heavy atom. The monoisotopic (exact) mass is 272 g/mol. The largest absolute Gasteiger partial charge is 0.335 e. The fraction of sp³-hybridized carbons (Fsp3) is 0.588. The lowest BCUT2D eigenvalue weighted by atomic mass is 10.0. The van der Waals surface area contributed by atoms with Gasteiger partial charge < -0.3 is 10.2 Å². The summed E-state index contributed by atoms with van der Waals surface area (Å²) in [5.41, 5.74) is 1.25. The summed E-state index contributed by atoms with van der Waals surface area (Å²) in [6, 6.07) is 10.9. The fourth-order valence-corrected chi connectivity index (χ4v) is 3.02. The summed E-state index contributed by atoms with van der Waals surface area (Å²) in [6.07, 6.45) is 5.36. The van der Waals surface area contributed by atoms with Crippen LogP contribution in [0.2, 0.25) is 0 Å². The number of carbonyl (C=O) groups is 1. The maximum absolute atomic E-state index is 12.5. The van der Waals surface area contributed by atoms with Gasteiger partial charge in [0.25, 0.3) is 0 Å². The highest BCUT2D eigenvalue weighted by Crippen LogP contribution is 2.29. The lowest BCUT2D eigenvalue weighted by Gasteiger charge is -2.23. The Morgan fingerprint density at radius 3 is 2.65 bits per heavy atom. The van der Waals surface area contributed by atoms with Gasteiger partial charge in [-0.15, -0.1) is 0 Å². The van der Waals surface area contributed by atoms with Crippen LogP contribution in [0.3, 0.4) is 0 Å². The number of hydrogen-bond acceptors (Lipinski definition) is 2. The van der Waals surface area contributed by atoms with Crippen LogP contribution >= 0.6 is 0 Å². The van der Waals surface area contributed by atoms with E-state index in [0.29, 0.717) is 17.9 Å². The van der Waals surface area contributed by atoms with Crippen molar-refractivity contribution < 1.29 is 4.79 Å². The summed E-state index contributed by atoms with van der Waals surface area (Å²) in [6.45, 7) is 3.00. The van der Waals surface area contributed by atoms with Crippen molar-refractivity contribution in [2.75, 3.05) is 13.1 Å². The molecule has 0 bridgehead atoms. The van der Waals surface area contributed by atoms with Crippen LogP contribution in [-0.2, 0) is 11.3 Å². The van der Waals surface area contributed by atoms with Crippen LogP contribution in [0.1, 0.15) is 37.7 Å². The van der Waals surface area contributed by atoms with Gasteiger partial charge in [0, 0.05) is 19.0 Å². The quantitative estimate of drug-likeness (QED) is 0.863. The number of benzene rings is 1. The summed E-state index contributed by atoms with van der Waals surface area (Å²) in [5.74, 6) is 1.06. The van der Waals surface area contributed by atoms with Gasteiger partial charge in [-0.1, -0.05) is 30.3 Å². The van der Waals surface area contributed by atoms with Crippen LogP contribution in [0, 0.1) is 5.92 Å². The van der Waals surface area contributed by atoms with Crippen LogP contribution in [0.15, 0.2) is 30.3 Å². The normalized spacial score (nSPS) is 21.9. The first-order valence-corrected chi connectivity index (χ1v) is 7.87. The predicted molar refractivity (Wildman–Crippen MR) is 80.2 cm³/mol. The number of nitrogens with zero attached hydrogens (tertiary/aromatic N) is 1. The van der Waals surface area contributed by atoms with E-state index in [1.165, 1.54) is 24.8 Å². The van der Waals surface area contributed by atoms with E-state index in [-0.39, 0.29) is 0 Å². The molecule has 3 heteroatoms. The molecule has 1 saturated carbocycles. The van der Waals surface area contributed by atoms with Crippen LogP contribution in [-0.4, -0.2) is 29.9 Å². The molecule has 1 atom stereocenters. The van der Waals surface area contributed by atoms with Gasteiger partial charge in [0.2, 0.25) is 5.91 Å². The van der Waals surface area contributed by atoms with Crippen LogP contribution in [0.4, 0.5) is 0 Å². The number of carbonyl (C=O) groups excluding carboxylic acids is 1. The van der Waals surface area contributed by atoms with Crippen molar-refractivity contribution >= 4 is 5.91 Å². The smallest absolute Gasteiger partial charge is 0.223 e. The van der Waals surface area contributed by atoms with Gasteiger partial charge in [0.15, 0.2) is 0 Å². The van der Waals surface area contributed by atoms with Gasteiger partial charge in [-0.05, 0) is 50.3 Å². The minimum atomic E-state index is 0.350. The van der Waals surface area contributed by atoms with Crippen molar-refractivity contribution in [1.82, 2.24) is 10.2 Å². The van der Waals surface area contributed by atoms with E-state index >= 15 is 0 Å². The average Bonchev–Trinajstić information content (AvgIpc) is 3.19. The second kappa shape index (κ2) is 6.40. The van der Waals surface area contributed by atoms with Crippen molar-refractivity contribution in [1.29, 1.82) is 0 Å². The Labute approximate surface area is 121 Å². The molecule has 1 aliphatic heterocycles. The van der Waals surface area contributed by atoms with E-state index in [4.69, 9.17) is 0 Å². The zero-order valence-electron chi connectivity index (χ0n) is 12.1. The second-order valence-corrected chi connectivity index (χ2v) is 6.14. The van der Waals surface area contributed by atoms with Crippen LogP contribution in [0.5, 0.6) is 0 Å². The first-order valence-electron chi connectivity index (χ1n) is 7.87. The van der Waals surface area contributed by atoms with Gasteiger partial charge in [-0.25, -0.2) is 0 Å². The highest BCUT2D eigenvalue weighted by atomic mass is 16.2. The summed E-state index contributed by atoms with van der Waals surface area (Å²) in [7, 11) is 0. The predicted octanol–water partition coefficient (Wildman–Crippen LogP) is 2.57. The van der Waals surface area contributed by atoms with Gasteiger partial charge in [-0.2, -0.15) is 0 Å². The Balaban J connectivity index is 1.54. The fourth-order valence-electron chi connectivity index (χ4n) is 3.02. The van der Waals surface area contributed by atoms with Crippen molar-refractivity contribution in [2.45, 2.75) is 44.7 Å². The van der Waals surface area contributed by atoms with E-state index in [2.05, 4.69) is 34.5 Å². The lowest BCUT2D eigenvalue weighted by Crippen LogP contribution is -2.32. The third kappa shape index (κ3) is 3.60. The molecule has 1 aliphatic carbocycles. The van der Waals surface area contributed by atoms with Gasteiger partial charge in [0.05, 0.1) is 0 Å². The van der Waals surface area contributed by atoms with E-state index in [9.17, 15) is 4.79 Å². The Morgan fingerprint density at radius 2 is 2.00 bits per heavy atom. The lowest BCUT2D eigenvalue weighted by molar-refractivity contribution is -0.132. The van der Waals surface area contributed by atoms with E-state index < -0.39 is 0 Å². The van der Waals surface area contributed by atoms with Crippen molar-refractivity contribution in [3.05, 3.63) is 35.9 Å². The van der Waals surface area contributed by atoms with E-state index in [1.54, 1.807) is 0 Å². The molecule has 3 rings (SSSR count). The molecule has 0 radical (unpaired) electrons. The number of nitrogens with one attached hydrogen (secondary N) is 1. The molecule has 1 unspecified atom stereocenters. The zero-order valence-corrected chi connectivity index (χ0v) is 12.1. The molecule has 1 saturated heterocycles. The highest BCUT2D eigenvalue weighted by molar-refractivity contribution is 5.76. The van der Waals surface area contributed by atoms with E-state index in [0.717, 1.165) is 32.5 Å². The molecule has 0 aromatic heterocycles. The van der Waals surface area contributed by atoms with Crippen LogP contribution < -0.4 is 5.32 Å². The molecule has 1 amide bonds. The third-order valence-corrected chi connectivity index (χ3v) is 4.43. The molecule has 1 heterocycles. The molecule has 1 aromatic rings. The van der Waals surface area contributed by atoms with Crippen molar-refractivity contribution in [2.24, 2.45) is 5.92 Å². The summed E-state index contributed by atoms with van der Waals surface area (Å²) in [4.78, 5) is 14.6. The summed E-state index contributed by atoms with van der Waals surface area (Å²) in [5, 5.41) is 3.38. The summed E-state index contributed by atoms with van der Waals surface area (Å²) < 4.78 is 0. The topological polar surface area (TPSA) is 32.3 Å². The second-order valence-electron chi connectivity index (χ2n) is 6.14. The average molecular weight is 272 g/mol. The van der Waals surface area contributed by atoms with E-state index in [1.807, 2.05) is 6.07 Å². The van der Waals surface area contributed by atoms with Gasteiger partial charge in [0.1, 0.15) is 0 Å². The Kier molecular flexibility index (Phi) is 4.36. The molecule has 1 aromatic carbocycles. The molecular weight excluding hydrogens is 248 g/mol. The number of hydrogen-bond donors (Lipinski definition) is 1. The Bertz CT molecular complexity index is 436. The summed E-state index contributed by atoms with van der Waals surface area (Å²) >= 11 is 0. The molecule has 2 aliphatic rings. The molecule has 1 N–H and O–H groups in total. The first-order chi connectivity index (χ1) is 9.83. The molecule has 2 fully saturated rings. The maximum atomic E-state index is 12.5. The maximum Gasteiger partial charge on any atom is 0.223 e.